The van der Waals surface area contributed by atoms with Gasteiger partial charge in [0.1, 0.15) is 0 Å². The van der Waals surface area contributed by atoms with Crippen molar-refractivity contribution >= 4 is 5.91 Å². The van der Waals surface area contributed by atoms with E-state index in [4.69, 9.17) is 4.42 Å². The van der Waals surface area contributed by atoms with Gasteiger partial charge in [-0.3, -0.25) is 4.79 Å². The topological polar surface area (TPSA) is 46.3 Å². The average Bonchev–Trinajstić information content (AvgIpc) is 3.31. The standard InChI is InChI=1S/C20H24N2O2/c23-20(22-13-16-8-4-9-17(16)14-22)11-5-10-19-21-12-18(24-19)15-6-2-1-3-7-15/h1-3,6-7,12,16-17H,4-5,8-11,13-14H2. The molecule has 1 saturated carbocycles. The maximum atomic E-state index is 12.4. The first-order chi connectivity index (χ1) is 11.8. The van der Waals surface area contributed by atoms with E-state index >= 15 is 0 Å². The van der Waals surface area contributed by atoms with Crippen molar-refractivity contribution in [2.45, 2.75) is 38.5 Å². The van der Waals surface area contributed by atoms with Gasteiger partial charge in [-0.15, -0.1) is 0 Å². The van der Waals surface area contributed by atoms with Crippen LogP contribution >= 0.6 is 0 Å². The molecule has 0 radical (unpaired) electrons. The number of amides is 1. The first-order valence-electron chi connectivity index (χ1n) is 9.07. The van der Waals surface area contributed by atoms with E-state index < -0.39 is 0 Å². The van der Waals surface area contributed by atoms with Crippen molar-refractivity contribution in [2.75, 3.05) is 13.1 Å². The van der Waals surface area contributed by atoms with Crippen molar-refractivity contribution in [3.8, 4) is 11.3 Å². The molecule has 1 amide bonds. The van der Waals surface area contributed by atoms with Crippen molar-refractivity contribution in [3.05, 3.63) is 42.4 Å². The van der Waals surface area contributed by atoms with E-state index in [2.05, 4.69) is 9.88 Å². The van der Waals surface area contributed by atoms with E-state index in [1.165, 1.54) is 19.3 Å². The van der Waals surface area contributed by atoms with Crippen LogP contribution < -0.4 is 0 Å². The lowest BCUT2D eigenvalue weighted by molar-refractivity contribution is -0.130. The zero-order valence-electron chi connectivity index (χ0n) is 14.0. The molecule has 0 bridgehead atoms. The summed E-state index contributed by atoms with van der Waals surface area (Å²) < 4.78 is 5.80. The van der Waals surface area contributed by atoms with Crippen molar-refractivity contribution in [3.63, 3.8) is 0 Å². The minimum absolute atomic E-state index is 0.305. The van der Waals surface area contributed by atoms with Crippen LogP contribution in [-0.2, 0) is 11.2 Å². The highest BCUT2D eigenvalue weighted by molar-refractivity contribution is 5.76. The number of likely N-dealkylation sites (tertiary alicyclic amines) is 1. The number of carbonyl (C=O) groups is 1. The Bertz CT molecular complexity index is 683. The Kier molecular flexibility index (Phi) is 4.37. The smallest absolute Gasteiger partial charge is 0.222 e. The fourth-order valence-electron chi connectivity index (χ4n) is 4.15. The van der Waals surface area contributed by atoms with Crippen molar-refractivity contribution in [1.82, 2.24) is 9.88 Å². The van der Waals surface area contributed by atoms with Crippen molar-refractivity contribution < 1.29 is 9.21 Å². The fourth-order valence-corrected chi connectivity index (χ4v) is 4.15. The molecular weight excluding hydrogens is 300 g/mol. The Balaban J connectivity index is 1.26. The van der Waals surface area contributed by atoms with Crippen LogP contribution in [0.5, 0.6) is 0 Å². The van der Waals surface area contributed by atoms with Gasteiger partial charge in [0.15, 0.2) is 11.7 Å². The molecule has 4 heteroatoms. The summed E-state index contributed by atoms with van der Waals surface area (Å²) in [5, 5.41) is 0. The van der Waals surface area contributed by atoms with E-state index in [1.54, 1.807) is 6.20 Å². The maximum absolute atomic E-state index is 12.4. The van der Waals surface area contributed by atoms with Crippen LogP contribution in [0.4, 0.5) is 0 Å². The van der Waals surface area contributed by atoms with Gasteiger partial charge in [0.25, 0.3) is 0 Å². The van der Waals surface area contributed by atoms with E-state index in [1.807, 2.05) is 30.3 Å². The third-order valence-corrected chi connectivity index (χ3v) is 5.47. The predicted octanol–water partition coefficient (Wildman–Crippen LogP) is 3.92. The van der Waals surface area contributed by atoms with Gasteiger partial charge in [0.2, 0.25) is 5.91 Å². The first-order valence-corrected chi connectivity index (χ1v) is 9.07. The molecule has 24 heavy (non-hydrogen) atoms. The third-order valence-electron chi connectivity index (χ3n) is 5.47. The number of rotatable bonds is 5. The molecule has 2 fully saturated rings. The highest BCUT2D eigenvalue weighted by Gasteiger charge is 2.37. The van der Waals surface area contributed by atoms with Crippen LogP contribution in [0.15, 0.2) is 40.9 Å². The Morgan fingerprint density at radius 2 is 1.92 bits per heavy atom. The monoisotopic (exact) mass is 324 g/mol. The number of hydrogen-bond donors (Lipinski definition) is 0. The van der Waals surface area contributed by atoms with E-state index in [0.717, 1.165) is 55.0 Å². The molecule has 1 saturated heterocycles. The molecule has 1 aliphatic carbocycles. The summed E-state index contributed by atoms with van der Waals surface area (Å²) in [5.41, 5.74) is 1.04. The van der Waals surface area contributed by atoms with Crippen LogP contribution in [0, 0.1) is 11.8 Å². The largest absolute Gasteiger partial charge is 0.441 e. The van der Waals surface area contributed by atoms with Gasteiger partial charge in [-0.25, -0.2) is 4.98 Å². The predicted molar refractivity (Wildman–Crippen MR) is 92.3 cm³/mol. The number of nitrogens with zero attached hydrogens (tertiary/aromatic N) is 2. The van der Waals surface area contributed by atoms with Gasteiger partial charge in [0.05, 0.1) is 6.20 Å². The number of hydrogen-bond acceptors (Lipinski definition) is 3. The lowest BCUT2D eigenvalue weighted by atomic mass is 10.0. The summed E-state index contributed by atoms with van der Waals surface area (Å²) in [7, 11) is 0. The normalized spacial score (nSPS) is 22.8. The molecule has 2 atom stereocenters. The Morgan fingerprint density at radius 1 is 1.17 bits per heavy atom. The highest BCUT2D eigenvalue weighted by Crippen LogP contribution is 2.37. The highest BCUT2D eigenvalue weighted by atomic mass is 16.4. The minimum Gasteiger partial charge on any atom is -0.441 e. The zero-order chi connectivity index (χ0) is 16.4. The van der Waals surface area contributed by atoms with Gasteiger partial charge in [-0.1, -0.05) is 36.8 Å². The van der Waals surface area contributed by atoms with Crippen molar-refractivity contribution in [1.29, 1.82) is 0 Å². The molecule has 126 valence electrons. The van der Waals surface area contributed by atoms with E-state index in [-0.39, 0.29) is 0 Å². The second-order valence-corrected chi connectivity index (χ2v) is 7.09. The molecule has 2 heterocycles. The first kappa shape index (κ1) is 15.4. The molecule has 0 N–H and O–H groups in total. The van der Waals surface area contributed by atoms with Gasteiger partial charge < -0.3 is 9.32 Å². The quantitative estimate of drug-likeness (QED) is 0.837. The SMILES string of the molecule is O=C(CCCc1ncc(-c2ccccc2)o1)N1CC2CCCC2C1. The minimum atomic E-state index is 0.305. The van der Waals surface area contributed by atoms with E-state index in [0.29, 0.717) is 12.3 Å². The number of oxazole rings is 1. The van der Waals surface area contributed by atoms with E-state index in [9.17, 15) is 4.79 Å². The number of fused-ring (bicyclic) bond motifs is 1. The molecule has 1 aliphatic heterocycles. The second-order valence-electron chi connectivity index (χ2n) is 7.09. The van der Waals surface area contributed by atoms with Gasteiger partial charge in [0, 0.05) is 31.5 Å². The molecule has 4 nitrogen and oxygen atoms in total. The summed E-state index contributed by atoms with van der Waals surface area (Å²) in [6.07, 6.45) is 7.88. The summed E-state index contributed by atoms with van der Waals surface area (Å²) in [5.74, 6) is 3.37. The fraction of sp³-hybridized carbons (Fsp3) is 0.500. The summed E-state index contributed by atoms with van der Waals surface area (Å²) in [6, 6.07) is 9.98. The van der Waals surface area contributed by atoms with Crippen LogP contribution in [0.25, 0.3) is 11.3 Å². The summed E-state index contributed by atoms with van der Waals surface area (Å²) >= 11 is 0. The number of carbonyl (C=O) groups excluding carboxylic acids is 1. The molecule has 2 unspecified atom stereocenters. The number of aryl methyl sites for hydroxylation is 1. The molecule has 2 aliphatic rings. The Hall–Kier alpha value is -2.10. The van der Waals surface area contributed by atoms with Gasteiger partial charge in [-0.05, 0) is 31.1 Å². The van der Waals surface area contributed by atoms with Crippen LogP contribution in [0.3, 0.4) is 0 Å². The summed E-state index contributed by atoms with van der Waals surface area (Å²) in [6.45, 7) is 1.97. The third kappa shape index (κ3) is 3.23. The zero-order valence-corrected chi connectivity index (χ0v) is 14.0. The van der Waals surface area contributed by atoms with Crippen LogP contribution in [-0.4, -0.2) is 28.9 Å². The van der Waals surface area contributed by atoms with Crippen LogP contribution in [0.2, 0.25) is 0 Å². The second kappa shape index (κ2) is 6.80. The molecule has 1 aromatic carbocycles. The van der Waals surface area contributed by atoms with Crippen LogP contribution in [0.1, 0.15) is 38.0 Å². The summed E-state index contributed by atoms with van der Waals surface area (Å²) in [4.78, 5) is 18.8. The molecule has 4 rings (SSSR count). The molecule has 2 aromatic rings. The maximum Gasteiger partial charge on any atom is 0.222 e. The molecule has 0 spiro atoms. The van der Waals surface area contributed by atoms with Gasteiger partial charge >= 0.3 is 0 Å². The Morgan fingerprint density at radius 3 is 2.67 bits per heavy atom. The van der Waals surface area contributed by atoms with Gasteiger partial charge in [-0.2, -0.15) is 0 Å². The van der Waals surface area contributed by atoms with Crippen molar-refractivity contribution in [2.24, 2.45) is 11.8 Å². The number of aromatic nitrogens is 1. The molecular formula is C20H24N2O2. The Labute approximate surface area is 142 Å². The number of benzene rings is 1. The molecule has 1 aromatic heterocycles. The average molecular weight is 324 g/mol. The lowest BCUT2D eigenvalue weighted by Crippen LogP contribution is -2.29. The lowest BCUT2D eigenvalue weighted by Gasteiger charge is -2.16.